The average molecular weight is 859 g/mol. The quantitative estimate of drug-likeness (QED) is 0.105. The molecule has 332 valence electrons. The van der Waals surface area contributed by atoms with Gasteiger partial charge in [0, 0.05) is 18.7 Å². The van der Waals surface area contributed by atoms with Gasteiger partial charge in [-0.2, -0.15) is 4.73 Å². The van der Waals surface area contributed by atoms with Crippen LogP contribution >= 0.6 is 0 Å². The van der Waals surface area contributed by atoms with E-state index in [1.165, 1.54) is 10.3 Å². The number of likely N-dealkylation sites (N-methyl/N-ethyl adjacent to an activating group) is 2. The summed E-state index contributed by atoms with van der Waals surface area (Å²) in [7, 11) is 0. The zero-order valence-corrected chi connectivity index (χ0v) is 37.8. The van der Waals surface area contributed by atoms with Gasteiger partial charge in [-0.05, 0) is 105 Å². The van der Waals surface area contributed by atoms with Crippen molar-refractivity contribution in [2.24, 2.45) is 0 Å². The number of rotatable bonds is 14. The van der Waals surface area contributed by atoms with Gasteiger partial charge in [0.05, 0.1) is 35.4 Å². The van der Waals surface area contributed by atoms with Gasteiger partial charge < -0.3 is 20.0 Å². The van der Waals surface area contributed by atoms with Crippen LogP contribution in [0.15, 0.2) is 109 Å². The number of likely N-dealkylation sites (tertiary alicyclic amines) is 2. The summed E-state index contributed by atoms with van der Waals surface area (Å²) in [5.41, 5.74) is 10.1. The van der Waals surface area contributed by atoms with E-state index in [2.05, 4.69) is 97.1 Å². The largest absolute Gasteiger partial charge is 0.427 e. The molecule has 6 aromatic rings. The van der Waals surface area contributed by atoms with Crippen molar-refractivity contribution in [1.29, 1.82) is 0 Å². The predicted molar refractivity (Wildman–Crippen MR) is 251 cm³/mol. The number of nitrogens with zero attached hydrogens (tertiary/aromatic N) is 7. The van der Waals surface area contributed by atoms with Gasteiger partial charge in [0.15, 0.2) is 5.82 Å². The lowest BCUT2D eigenvalue weighted by molar-refractivity contribution is -0.139. The lowest BCUT2D eigenvalue weighted by atomic mass is 9.95. The third-order valence-electron chi connectivity index (χ3n) is 14.1. The Morgan fingerprint density at radius 1 is 0.688 bits per heavy atom. The van der Waals surface area contributed by atoms with Crippen molar-refractivity contribution in [2.75, 3.05) is 39.3 Å². The molecule has 0 spiro atoms. The Balaban J connectivity index is 0.929. The molecular formula is C53H62N8O3. The molecule has 64 heavy (non-hydrogen) atoms. The van der Waals surface area contributed by atoms with Crippen LogP contribution in [0.1, 0.15) is 118 Å². The van der Waals surface area contributed by atoms with Gasteiger partial charge >= 0.3 is 0 Å². The van der Waals surface area contributed by atoms with Gasteiger partial charge in [0.1, 0.15) is 17.9 Å². The first-order chi connectivity index (χ1) is 31.3. The maximum absolute atomic E-state index is 14.5. The number of aromatic nitrogens is 4. The maximum atomic E-state index is 14.5. The fourth-order valence-corrected chi connectivity index (χ4v) is 10.7. The van der Waals surface area contributed by atoms with Gasteiger partial charge in [-0.15, -0.1) is 0 Å². The minimum atomic E-state index is -0.391. The standard InChI is InChI=1S/C53H62N8O3/c1-5-57(6-2)48(38-18-11-9-12-19-38)52(62)59-32-16-24-45(59)50-54-35-43(55-50)37-28-26-36(27-29-37)40-30-31-42-41(34-40)22-15-23-44-47(42)56-51(61(44)64)46-25-17-33-60(46)53(63)49(58(7-3)8-4)39-20-13-10-14-21-39/h9-14,18-21,26-31,34-35,45-46,48-49,64H,5-8,15-17,22-25,32-33H2,1-4H3,(H,54,55)/t45-,46-,48+,49+/m0/s1. The first-order valence-corrected chi connectivity index (χ1v) is 23.6. The fourth-order valence-electron chi connectivity index (χ4n) is 10.7. The van der Waals surface area contributed by atoms with E-state index in [0.717, 1.165) is 128 Å². The summed E-state index contributed by atoms with van der Waals surface area (Å²) in [5.74, 6) is 1.59. The molecule has 0 bridgehead atoms. The number of H-pyrrole nitrogens is 1. The van der Waals surface area contributed by atoms with Crippen LogP contribution in [-0.2, 0) is 22.4 Å². The lowest BCUT2D eigenvalue weighted by Gasteiger charge is -2.34. The Bertz CT molecular complexity index is 2540. The van der Waals surface area contributed by atoms with Crippen molar-refractivity contribution in [2.45, 2.75) is 96.8 Å². The Morgan fingerprint density at radius 2 is 1.23 bits per heavy atom. The Morgan fingerprint density at radius 3 is 1.83 bits per heavy atom. The van der Waals surface area contributed by atoms with Gasteiger partial charge in [-0.25, -0.2) is 9.97 Å². The summed E-state index contributed by atoms with van der Waals surface area (Å²) in [6, 6.07) is 34.3. The van der Waals surface area contributed by atoms with Crippen molar-refractivity contribution in [3.63, 3.8) is 0 Å². The molecule has 4 aromatic carbocycles. The van der Waals surface area contributed by atoms with Crippen molar-refractivity contribution in [3.05, 3.63) is 143 Å². The number of fused-ring (bicyclic) bond motifs is 3. The minimum absolute atomic E-state index is 0.0650. The first kappa shape index (κ1) is 43.2. The van der Waals surface area contributed by atoms with Crippen LogP contribution in [0.2, 0.25) is 0 Å². The fraction of sp³-hybridized carbons (Fsp3) is 0.396. The summed E-state index contributed by atoms with van der Waals surface area (Å²) in [6.07, 6.45) is 7.80. The normalized spacial score (nSPS) is 18.3. The first-order valence-electron chi connectivity index (χ1n) is 23.6. The van der Waals surface area contributed by atoms with Crippen LogP contribution in [0.5, 0.6) is 0 Å². The SMILES string of the molecule is CCN(CC)[C@@H](C(=O)N1CCC[C@H]1c1ncc(-c2ccc(-c3ccc4c(c3)CCCc3c-4nc([C@@H]4CCCN4C(=O)[C@@H](c4ccccc4)N(CC)CC)n3O)cc2)[nH]1)c1ccccc1. The molecule has 11 nitrogen and oxygen atoms in total. The highest BCUT2D eigenvalue weighted by atomic mass is 16.5. The number of benzene rings is 4. The monoisotopic (exact) mass is 858 g/mol. The van der Waals surface area contributed by atoms with Gasteiger partial charge in [0.2, 0.25) is 11.8 Å². The zero-order chi connectivity index (χ0) is 44.3. The molecule has 2 aromatic heterocycles. The number of aryl methyl sites for hydroxylation is 1. The highest BCUT2D eigenvalue weighted by molar-refractivity contribution is 5.85. The second kappa shape index (κ2) is 19.0. The van der Waals surface area contributed by atoms with E-state index in [1.54, 1.807) is 0 Å². The second-order valence-electron chi connectivity index (χ2n) is 17.5. The summed E-state index contributed by atoms with van der Waals surface area (Å²) in [4.78, 5) is 50.9. The molecule has 4 heterocycles. The Hall–Kier alpha value is -6.04. The van der Waals surface area contributed by atoms with Gasteiger partial charge in [0.25, 0.3) is 0 Å². The van der Waals surface area contributed by atoms with Crippen LogP contribution in [0.3, 0.4) is 0 Å². The van der Waals surface area contributed by atoms with Crippen molar-refractivity contribution < 1.29 is 14.8 Å². The summed E-state index contributed by atoms with van der Waals surface area (Å²) in [5, 5.41) is 11.8. The number of nitrogens with one attached hydrogen (secondary N) is 1. The number of imidazole rings is 2. The van der Waals surface area contributed by atoms with E-state index < -0.39 is 6.04 Å². The van der Waals surface area contributed by atoms with Crippen LogP contribution in [-0.4, -0.2) is 95.6 Å². The molecule has 0 unspecified atom stereocenters. The van der Waals surface area contributed by atoms with E-state index in [9.17, 15) is 14.8 Å². The molecule has 4 atom stereocenters. The van der Waals surface area contributed by atoms with Crippen molar-refractivity contribution in [3.8, 4) is 33.6 Å². The molecule has 2 saturated heterocycles. The van der Waals surface area contributed by atoms with Gasteiger partial charge in [-0.3, -0.25) is 19.4 Å². The second-order valence-corrected chi connectivity index (χ2v) is 17.5. The van der Waals surface area contributed by atoms with Gasteiger partial charge in [-0.1, -0.05) is 131 Å². The molecule has 2 N–H and O–H groups in total. The number of carbonyl (C=O) groups excluding carboxylic acids is 2. The zero-order valence-electron chi connectivity index (χ0n) is 37.8. The van der Waals surface area contributed by atoms with Crippen molar-refractivity contribution in [1.82, 2.24) is 39.3 Å². The predicted octanol–water partition coefficient (Wildman–Crippen LogP) is 9.83. The highest BCUT2D eigenvalue weighted by Crippen LogP contribution is 2.41. The van der Waals surface area contributed by atoms with Crippen LogP contribution in [0.4, 0.5) is 0 Å². The summed E-state index contributed by atoms with van der Waals surface area (Å²) >= 11 is 0. The number of hydrogen-bond donors (Lipinski definition) is 2. The molecule has 0 radical (unpaired) electrons. The van der Waals surface area contributed by atoms with E-state index >= 15 is 0 Å². The third kappa shape index (κ3) is 8.16. The smallest absolute Gasteiger partial charge is 0.245 e. The number of aromatic amines is 1. The topological polar surface area (TPSA) is 114 Å². The Kier molecular flexibility index (Phi) is 12.8. The molecule has 9 rings (SSSR count). The molecular weight excluding hydrogens is 797 g/mol. The van der Waals surface area contributed by atoms with E-state index in [-0.39, 0.29) is 29.9 Å². The third-order valence-corrected chi connectivity index (χ3v) is 14.1. The minimum Gasteiger partial charge on any atom is -0.427 e. The molecule has 11 heteroatoms. The molecule has 0 saturated carbocycles. The number of amides is 2. The van der Waals surface area contributed by atoms with E-state index in [0.29, 0.717) is 18.8 Å². The van der Waals surface area contributed by atoms with Crippen molar-refractivity contribution >= 4 is 11.8 Å². The number of carbonyl (C=O) groups is 2. The van der Waals surface area contributed by atoms with Crippen LogP contribution in [0, 0.1) is 0 Å². The Labute approximate surface area is 377 Å². The molecule has 2 amide bonds. The summed E-state index contributed by atoms with van der Waals surface area (Å²) < 4.78 is 1.30. The van der Waals surface area contributed by atoms with Crippen LogP contribution < -0.4 is 0 Å². The number of hydrogen-bond acceptors (Lipinski definition) is 7. The van der Waals surface area contributed by atoms with E-state index in [1.807, 2.05) is 64.5 Å². The molecule has 3 aliphatic rings. The molecule has 2 fully saturated rings. The van der Waals surface area contributed by atoms with E-state index in [4.69, 9.17) is 9.97 Å². The van der Waals surface area contributed by atoms with Crippen LogP contribution in [0.25, 0.3) is 33.6 Å². The average Bonchev–Trinajstić information content (AvgIpc) is 4.17. The highest BCUT2D eigenvalue weighted by Gasteiger charge is 2.41. The lowest BCUT2D eigenvalue weighted by Crippen LogP contribution is -2.43. The molecule has 2 aliphatic heterocycles. The maximum Gasteiger partial charge on any atom is 0.245 e. The summed E-state index contributed by atoms with van der Waals surface area (Å²) in [6.45, 7) is 12.9. The molecule has 1 aliphatic carbocycles.